The monoisotopic (exact) mass is 261 g/mol. The molecule has 6 heteroatoms. The fraction of sp³-hybridized carbons (Fsp3) is 0.182. The number of allylic oxidation sites excluding steroid dienone is 1. The van der Waals surface area contributed by atoms with E-state index in [0.29, 0.717) is 5.69 Å². The van der Waals surface area contributed by atoms with Gasteiger partial charge in [-0.25, -0.2) is 0 Å². The van der Waals surface area contributed by atoms with Crippen molar-refractivity contribution in [3.05, 3.63) is 36.4 Å². The molecular formula is C11H10F3NOS. The van der Waals surface area contributed by atoms with E-state index in [1.54, 1.807) is 13.0 Å². The highest BCUT2D eigenvalue weighted by Crippen LogP contribution is 2.36. The first-order valence-electron chi connectivity index (χ1n) is 4.70. The third-order valence-corrected chi connectivity index (χ3v) is 2.41. The molecule has 1 N–H and O–H groups in total. The van der Waals surface area contributed by atoms with E-state index in [2.05, 4.69) is 5.32 Å². The predicted molar refractivity (Wildman–Crippen MR) is 61.8 cm³/mol. The van der Waals surface area contributed by atoms with Crippen molar-refractivity contribution in [2.75, 3.05) is 5.32 Å². The van der Waals surface area contributed by atoms with Gasteiger partial charge in [-0.1, -0.05) is 6.08 Å². The van der Waals surface area contributed by atoms with Gasteiger partial charge in [0, 0.05) is 10.6 Å². The number of carbonyl (C=O) groups excluding carboxylic acids is 1. The van der Waals surface area contributed by atoms with Crippen molar-refractivity contribution >= 4 is 23.4 Å². The maximum atomic E-state index is 12.0. The zero-order valence-electron chi connectivity index (χ0n) is 8.91. The number of rotatable bonds is 3. The summed E-state index contributed by atoms with van der Waals surface area (Å²) in [7, 11) is 0. The number of amides is 1. The maximum Gasteiger partial charge on any atom is 0.446 e. The minimum atomic E-state index is -4.30. The molecule has 1 amide bonds. The lowest BCUT2D eigenvalue weighted by molar-refractivity contribution is -0.111. The molecule has 0 aliphatic carbocycles. The zero-order chi connectivity index (χ0) is 12.9. The van der Waals surface area contributed by atoms with Crippen molar-refractivity contribution in [2.45, 2.75) is 17.3 Å². The molecule has 1 rings (SSSR count). The molecule has 2 nitrogen and oxygen atoms in total. The van der Waals surface area contributed by atoms with Crippen LogP contribution in [0, 0.1) is 0 Å². The highest BCUT2D eigenvalue weighted by Gasteiger charge is 2.28. The van der Waals surface area contributed by atoms with Crippen LogP contribution in [0.3, 0.4) is 0 Å². The molecule has 0 aliphatic heterocycles. The molecular weight excluding hydrogens is 251 g/mol. The summed E-state index contributed by atoms with van der Waals surface area (Å²) in [5.41, 5.74) is -3.84. The SMILES string of the molecule is C/C=C/C(=O)Nc1ccc(SC(F)(F)F)cc1. The van der Waals surface area contributed by atoms with Gasteiger partial charge in [0.15, 0.2) is 0 Å². The van der Waals surface area contributed by atoms with E-state index < -0.39 is 5.51 Å². The van der Waals surface area contributed by atoms with Crippen LogP contribution in [0.2, 0.25) is 0 Å². The minimum absolute atomic E-state index is 0.0848. The van der Waals surface area contributed by atoms with Crippen molar-refractivity contribution < 1.29 is 18.0 Å². The lowest BCUT2D eigenvalue weighted by Gasteiger charge is -2.06. The van der Waals surface area contributed by atoms with Crippen molar-refractivity contribution in [1.82, 2.24) is 0 Å². The highest BCUT2D eigenvalue weighted by molar-refractivity contribution is 8.00. The molecule has 0 fully saturated rings. The van der Waals surface area contributed by atoms with Gasteiger partial charge in [0.2, 0.25) is 5.91 Å². The maximum absolute atomic E-state index is 12.0. The van der Waals surface area contributed by atoms with Gasteiger partial charge in [0.05, 0.1) is 0 Å². The number of anilines is 1. The van der Waals surface area contributed by atoms with Crippen molar-refractivity contribution in [3.8, 4) is 0 Å². The third kappa shape index (κ3) is 5.44. The van der Waals surface area contributed by atoms with E-state index in [9.17, 15) is 18.0 Å². The van der Waals surface area contributed by atoms with Crippen LogP contribution in [0.15, 0.2) is 41.3 Å². The summed E-state index contributed by atoms with van der Waals surface area (Å²) in [6, 6.07) is 5.47. The molecule has 17 heavy (non-hydrogen) atoms. The average molecular weight is 261 g/mol. The van der Waals surface area contributed by atoms with E-state index >= 15 is 0 Å². The van der Waals surface area contributed by atoms with Crippen LogP contribution in [-0.2, 0) is 4.79 Å². The van der Waals surface area contributed by atoms with Crippen LogP contribution < -0.4 is 5.32 Å². The number of nitrogens with one attached hydrogen (secondary N) is 1. The second kappa shape index (κ2) is 5.77. The van der Waals surface area contributed by atoms with Gasteiger partial charge in [-0.05, 0) is 49.0 Å². The molecule has 0 atom stereocenters. The number of benzene rings is 1. The summed E-state index contributed by atoms with van der Waals surface area (Å²) < 4.78 is 36.1. The van der Waals surface area contributed by atoms with Crippen LogP contribution in [0.25, 0.3) is 0 Å². The topological polar surface area (TPSA) is 29.1 Å². The third-order valence-electron chi connectivity index (χ3n) is 1.67. The zero-order valence-corrected chi connectivity index (χ0v) is 9.73. The molecule has 0 unspecified atom stereocenters. The van der Waals surface area contributed by atoms with Gasteiger partial charge < -0.3 is 5.32 Å². The first-order chi connectivity index (χ1) is 7.90. The smallest absolute Gasteiger partial charge is 0.323 e. The van der Waals surface area contributed by atoms with Gasteiger partial charge in [-0.2, -0.15) is 13.2 Å². The van der Waals surface area contributed by atoms with Crippen molar-refractivity contribution in [1.29, 1.82) is 0 Å². The lowest BCUT2D eigenvalue weighted by atomic mass is 10.3. The highest BCUT2D eigenvalue weighted by atomic mass is 32.2. The number of hydrogen-bond acceptors (Lipinski definition) is 2. The van der Waals surface area contributed by atoms with Crippen molar-refractivity contribution in [2.24, 2.45) is 0 Å². The fourth-order valence-corrected chi connectivity index (χ4v) is 1.61. The Morgan fingerprint density at radius 1 is 1.29 bits per heavy atom. The van der Waals surface area contributed by atoms with E-state index in [-0.39, 0.29) is 22.6 Å². The second-order valence-corrected chi connectivity index (χ2v) is 4.20. The predicted octanol–water partition coefficient (Wildman–Crippen LogP) is 3.81. The van der Waals surface area contributed by atoms with Gasteiger partial charge >= 0.3 is 5.51 Å². The fourth-order valence-electron chi connectivity index (χ4n) is 1.08. The molecule has 0 aliphatic rings. The first kappa shape index (κ1) is 13.6. The molecule has 92 valence electrons. The Labute approximate surface area is 101 Å². The van der Waals surface area contributed by atoms with E-state index in [4.69, 9.17) is 0 Å². The Hall–Kier alpha value is -1.43. The van der Waals surface area contributed by atoms with Crippen molar-refractivity contribution in [3.63, 3.8) is 0 Å². The van der Waals surface area contributed by atoms with Crippen LogP contribution in [0.4, 0.5) is 18.9 Å². The van der Waals surface area contributed by atoms with Gasteiger partial charge in [0.1, 0.15) is 0 Å². The van der Waals surface area contributed by atoms with Crippen LogP contribution in [0.1, 0.15) is 6.92 Å². The summed E-state index contributed by atoms with van der Waals surface area (Å²) in [5, 5.41) is 2.52. The van der Waals surface area contributed by atoms with E-state index in [1.165, 1.54) is 30.3 Å². The standard InChI is InChI=1S/C11H10F3NOS/c1-2-3-10(16)15-8-4-6-9(7-5-8)17-11(12,13)14/h2-7H,1H3,(H,15,16)/b3-2+. The summed E-state index contributed by atoms with van der Waals surface area (Å²) in [4.78, 5) is 11.2. The summed E-state index contributed by atoms with van der Waals surface area (Å²) in [6.07, 6.45) is 2.90. The van der Waals surface area contributed by atoms with Gasteiger partial charge in [-0.3, -0.25) is 4.79 Å². The molecule has 1 aromatic carbocycles. The number of thioether (sulfide) groups is 1. The molecule has 1 aromatic rings. The Balaban J connectivity index is 2.65. The molecule has 0 radical (unpaired) electrons. The average Bonchev–Trinajstić information content (AvgIpc) is 2.19. The molecule has 0 bridgehead atoms. The molecule has 0 spiro atoms. The number of halogens is 3. The number of alkyl halides is 3. The minimum Gasteiger partial charge on any atom is -0.323 e. The first-order valence-corrected chi connectivity index (χ1v) is 5.52. The quantitative estimate of drug-likeness (QED) is 0.662. The van der Waals surface area contributed by atoms with E-state index in [0.717, 1.165) is 0 Å². The molecule has 0 aromatic heterocycles. The Bertz CT molecular complexity index is 412. The summed E-state index contributed by atoms with van der Waals surface area (Å²) in [6.45, 7) is 1.70. The summed E-state index contributed by atoms with van der Waals surface area (Å²) >= 11 is -0.188. The molecule has 0 heterocycles. The van der Waals surface area contributed by atoms with Gasteiger partial charge in [0.25, 0.3) is 0 Å². The number of hydrogen-bond donors (Lipinski definition) is 1. The molecule has 0 saturated heterocycles. The molecule has 0 saturated carbocycles. The normalized spacial score (nSPS) is 11.8. The van der Waals surface area contributed by atoms with Gasteiger partial charge in [-0.15, -0.1) is 0 Å². The lowest BCUT2D eigenvalue weighted by Crippen LogP contribution is -2.07. The Morgan fingerprint density at radius 2 is 1.88 bits per heavy atom. The number of carbonyl (C=O) groups is 1. The van der Waals surface area contributed by atoms with Crippen LogP contribution in [-0.4, -0.2) is 11.4 Å². The second-order valence-electron chi connectivity index (χ2n) is 3.06. The van der Waals surface area contributed by atoms with E-state index in [1.807, 2.05) is 0 Å². The van der Waals surface area contributed by atoms with Crippen LogP contribution >= 0.6 is 11.8 Å². The summed E-state index contributed by atoms with van der Waals surface area (Å²) in [5.74, 6) is -0.316. The Morgan fingerprint density at radius 3 is 2.35 bits per heavy atom. The largest absolute Gasteiger partial charge is 0.446 e. The Kier molecular flexibility index (Phi) is 4.62. The van der Waals surface area contributed by atoms with Crippen LogP contribution in [0.5, 0.6) is 0 Å².